The Kier molecular flexibility index (Phi) is 5.12. The van der Waals surface area contributed by atoms with Crippen molar-refractivity contribution in [3.05, 3.63) is 29.8 Å². The Morgan fingerprint density at radius 1 is 0.885 bits per heavy atom. The summed E-state index contributed by atoms with van der Waals surface area (Å²) in [4.78, 5) is 18.5. The molecule has 3 heterocycles. The van der Waals surface area contributed by atoms with Crippen LogP contribution in [0.4, 0.5) is 23.5 Å². The fourth-order valence-corrected chi connectivity index (χ4v) is 3.09. The van der Waals surface area contributed by atoms with Crippen LogP contribution in [0.15, 0.2) is 24.3 Å². The largest absolute Gasteiger partial charge is 0.378 e. The number of piperazine rings is 1. The number of nitrogens with one attached hydrogen (secondary N) is 2. The quantitative estimate of drug-likeness (QED) is 0.846. The summed E-state index contributed by atoms with van der Waals surface area (Å²) >= 11 is 0. The summed E-state index contributed by atoms with van der Waals surface area (Å²) in [5.74, 6) is 2.03. The lowest BCUT2D eigenvalue weighted by Crippen LogP contribution is -2.44. The second-order valence-electron chi connectivity index (χ2n) is 6.59. The van der Waals surface area contributed by atoms with E-state index in [9.17, 15) is 0 Å². The molecule has 4 rings (SSSR count). The summed E-state index contributed by atoms with van der Waals surface area (Å²) in [6.45, 7) is 8.77. The van der Waals surface area contributed by atoms with Gasteiger partial charge in [0.15, 0.2) is 0 Å². The van der Waals surface area contributed by atoms with Crippen LogP contribution in [0.25, 0.3) is 0 Å². The molecular weight excluding hydrogens is 330 g/mol. The highest BCUT2D eigenvalue weighted by Crippen LogP contribution is 2.21. The monoisotopic (exact) mass is 355 g/mol. The molecule has 2 aliphatic rings. The van der Waals surface area contributed by atoms with Crippen LogP contribution in [-0.4, -0.2) is 67.4 Å². The van der Waals surface area contributed by atoms with Gasteiger partial charge < -0.3 is 25.2 Å². The van der Waals surface area contributed by atoms with Crippen molar-refractivity contribution in [2.75, 3.05) is 67.6 Å². The first-order valence-electron chi connectivity index (χ1n) is 9.16. The molecule has 0 bridgehead atoms. The zero-order valence-electron chi connectivity index (χ0n) is 15.1. The van der Waals surface area contributed by atoms with Crippen molar-refractivity contribution in [2.45, 2.75) is 6.92 Å². The van der Waals surface area contributed by atoms with Crippen LogP contribution in [0.2, 0.25) is 0 Å². The first-order valence-corrected chi connectivity index (χ1v) is 9.16. The van der Waals surface area contributed by atoms with Gasteiger partial charge in [0.25, 0.3) is 0 Å². The summed E-state index contributed by atoms with van der Waals surface area (Å²) in [6, 6.07) is 8.23. The fourth-order valence-electron chi connectivity index (χ4n) is 3.09. The molecule has 2 N–H and O–H groups in total. The molecule has 8 nitrogen and oxygen atoms in total. The molecule has 0 atom stereocenters. The van der Waals surface area contributed by atoms with Crippen LogP contribution in [-0.2, 0) is 4.74 Å². The van der Waals surface area contributed by atoms with Gasteiger partial charge in [-0.15, -0.1) is 0 Å². The van der Waals surface area contributed by atoms with Crippen LogP contribution in [0.1, 0.15) is 5.56 Å². The molecule has 1 aromatic carbocycles. The van der Waals surface area contributed by atoms with Crippen LogP contribution in [0.5, 0.6) is 0 Å². The Hall–Kier alpha value is -2.45. The van der Waals surface area contributed by atoms with Crippen molar-refractivity contribution in [3.63, 3.8) is 0 Å². The third-order valence-corrected chi connectivity index (χ3v) is 4.61. The normalized spacial score (nSPS) is 18.0. The van der Waals surface area contributed by atoms with E-state index in [1.807, 2.05) is 12.1 Å². The lowest BCUT2D eigenvalue weighted by Gasteiger charge is -2.30. The summed E-state index contributed by atoms with van der Waals surface area (Å²) in [5, 5.41) is 6.69. The molecule has 8 heteroatoms. The third kappa shape index (κ3) is 4.03. The standard InChI is InChI=1S/C18H25N7O/c1-14-2-4-15(5-3-14)20-16-21-17(24-8-6-19-7-9-24)23-18(22-16)25-10-12-26-13-11-25/h2-5,19H,6-13H2,1H3,(H,20,21,22,23). The first kappa shape index (κ1) is 17.0. The van der Waals surface area contributed by atoms with Gasteiger partial charge in [0.1, 0.15) is 0 Å². The highest BCUT2D eigenvalue weighted by Gasteiger charge is 2.20. The molecule has 26 heavy (non-hydrogen) atoms. The number of anilines is 4. The van der Waals surface area contributed by atoms with Gasteiger partial charge in [-0.2, -0.15) is 15.0 Å². The van der Waals surface area contributed by atoms with E-state index in [2.05, 4.69) is 49.5 Å². The minimum atomic E-state index is 0.582. The number of benzene rings is 1. The van der Waals surface area contributed by atoms with Crippen molar-refractivity contribution in [1.82, 2.24) is 20.3 Å². The van der Waals surface area contributed by atoms with Gasteiger partial charge in [-0.05, 0) is 19.1 Å². The van der Waals surface area contributed by atoms with Crippen LogP contribution >= 0.6 is 0 Å². The molecule has 2 aliphatic heterocycles. The third-order valence-electron chi connectivity index (χ3n) is 4.61. The van der Waals surface area contributed by atoms with Gasteiger partial charge >= 0.3 is 0 Å². The van der Waals surface area contributed by atoms with Crippen molar-refractivity contribution < 1.29 is 4.74 Å². The second kappa shape index (κ2) is 7.84. The lowest BCUT2D eigenvalue weighted by atomic mass is 10.2. The molecule has 0 saturated carbocycles. The number of aryl methyl sites for hydroxylation is 1. The topological polar surface area (TPSA) is 78.4 Å². The summed E-state index contributed by atoms with van der Waals surface area (Å²) in [6.07, 6.45) is 0. The molecule has 1 aromatic heterocycles. The van der Waals surface area contributed by atoms with Crippen LogP contribution in [0, 0.1) is 6.92 Å². The van der Waals surface area contributed by atoms with E-state index in [1.54, 1.807) is 0 Å². The average Bonchev–Trinajstić information content (AvgIpc) is 2.71. The number of rotatable bonds is 4. The molecule has 2 saturated heterocycles. The second-order valence-corrected chi connectivity index (χ2v) is 6.59. The zero-order chi connectivity index (χ0) is 17.8. The Balaban J connectivity index is 1.63. The lowest BCUT2D eigenvalue weighted by molar-refractivity contribution is 0.122. The van der Waals surface area contributed by atoms with E-state index in [4.69, 9.17) is 9.72 Å². The minimum absolute atomic E-state index is 0.582. The summed E-state index contributed by atoms with van der Waals surface area (Å²) in [5.41, 5.74) is 2.20. The van der Waals surface area contributed by atoms with Crippen molar-refractivity contribution >= 4 is 23.5 Å². The predicted molar refractivity (Wildman–Crippen MR) is 102 cm³/mol. The maximum absolute atomic E-state index is 5.46. The van der Waals surface area contributed by atoms with Gasteiger partial charge in [-0.25, -0.2) is 0 Å². The van der Waals surface area contributed by atoms with Crippen molar-refractivity contribution in [1.29, 1.82) is 0 Å². The van der Waals surface area contributed by atoms with Gasteiger partial charge in [0, 0.05) is 45.0 Å². The average molecular weight is 355 g/mol. The van der Waals surface area contributed by atoms with E-state index < -0.39 is 0 Å². The fraction of sp³-hybridized carbons (Fsp3) is 0.500. The number of aromatic nitrogens is 3. The summed E-state index contributed by atoms with van der Waals surface area (Å²) in [7, 11) is 0. The number of morpholine rings is 1. The highest BCUT2D eigenvalue weighted by molar-refractivity contribution is 5.56. The van der Waals surface area contributed by atoms with E-state index in [-0.39, 0.29) is 0 Å². The van der Waals surface area contributed by atoms with Gasteiger partial charge in [0.2, 0.25) is 17.8 Å². The molecule has 0 unspecified atom stereocenters. The molecule has 2 fully saturated rings. The Labute approximate surface area is 153 Å². The van der Waals surface area contributed by atoms with E-state index in [0.717, 1.165) is 50.9 Å². The first-order chi connectivity index (χ1) is 12.8. The number of hydrogen-bond donors (Lipinski definition) is 2. The Morgan fingerprint density at radius 2 is 1.50 bits per heavy atom. The molecule has 0 spiro atoms. The minimum Gasteiger partial charge on any atom is -0.378 e. The molecule has 0 amide bonds. The zero-order valence-corrected chi connectivity index (χ0v) is 15.1. The van der Waals surface area contributed by atoms with E-state index >= 15 is 0 Å². The maximum atomic E-state index is 5.46. The Morgan fingerprint density at radius 3 is 2.15 bits per heavy atom. The van der Waals surface area contributed by atoms with Crippen LogP contribution < -0.4 is 20.4 Å². The summed E-state index contributed by atoms with van der Waals surface area (Å²) < 4.78 is 5.46. The van der Waals surface area contributed by atoms with Crippen molar-refractivity contribution in [2.24, 2.45) is 0 Å². The number of hydrogen-bond acceptors (Lipinski definition) is 8. The highest BCUT2D eigenvalue weighted by atomic mass is 16.5. The van der Waals surface area contributed by atoms with Gasteiger partial charge in [-0.3, -0.25) is 0 Å². The Bertz CT molecular complexity index is 689. The molecule has 138 valence electrons. The molecule has 2 aromatic rings. The van der Waals surface area contributed by atoms with E-state index in [1.165, 1.54) is 5.56 Å². The maximum Gasteiger partial charge on any atom is 0.233 e. The molecular formula is C18H25N7O. The smallest absolute Gasteiger partial charge is 0.233 e. The number of nitrogens with zero attached hydrogens (tertiary/aromatic N) is 5. The number of ether oxygens (including phenoxy) is 1. The van der Waals surface area contributed by atoms with Gasteiger partial charge in [0.05, 0.1) is 13.2 Å². The van der Waals surface area contributed by atoms with Crippen LogP contribution in [0.3, 0.4) is 0 Å². The predicted octanol–water partition coefficient (Wildman–Crippen LogP) is 1.17. The molecule has 0 aliphatic carbocycles. The van der Waals surface area contributed by atoms with Crippen molar-refractivity contribution in [3.8, 4) is 0 Å². The molecule has 0 radical (unpaired) electrons. The SMILES string of the molecule is Cc1ccc(Nc2nc(N3CCNCC3)nc(N3CCOCC3)n2)cc1. The van der Waals surface area contributed by atoms with E-state index in [0.29, 0.717) is 25.1 Å². The van der Waals surface area contributed by atoms with Gasteiger partial charge in [-0.1, -0.05) is 17.7 Å².